The van der Waals surface area contributed by atoms with Crippen molar-refractivity contribution in [3.05, 3.63) is 33.9 Å². The molecule has 0 heterocycles. The van der Waals surface area contributed by atoms with Gasteiger partial charge in [0, 0.05) is 6.07 Å². The van der Waals surface area contributed by atoms with Crippen molar-refractivity contribution < 1.29 is 19.6 Å². The van der Waals surface area contributed by atoms with Crippen LogP contribution in [0.3, 0.4) is 0 Å². The van der Waals surface area contributed by atoms with Crippen molar-refractivity contribution in [2.45, 2.75) is 26.3 Å². The quantitative estimate of drug-likeness (QED) is 0.608. The van der Waals surface area contributed by atoms with Crippen LogP contribution in [0.1, 0.15) is 31.1 Å². The summed E-state index contributed by atoms with van der Waals surface area (Å²) in [5.74, 6) is -0.595. The fraction of sp³-hybridized carbons (Fsp3) is 0.462. The number of aliphatic hydroxyl groups excluding tert-OH is 1. The summed E-state index contributed by atoms with van der Waals surface area (Å²) in [6.45, 7) is 4.91. The van der Waals surface area contributed by atoms with E-state index < -0.39 is 16.4 Å². The highest BCUT2D eigenvalue weighted by Crippen LogP contribution is 2.31. The Balaban J connectivity index is 3.20. The highest BCUT2D eigenvalue weighted by Gasteiger charge is 2.26. The molecule has 1 amide bonds. The van der Waals surface area contributed by atoms with Gasteiger partial charge in [-0.2, -0.15) is 0 Å². The lowest BCUT2D eigenvalue weighted by Crippen LogP contribution is -2.46. The lowest BCUT2D eigenvalue weighted by molar-refractivity contribution is -0.385. The predicted octanol–water partition coefficient (Wildman–Crippen LogP) is 1.49. The van der Waals surface area contributed by atoms with Gasteiger partial charge in [0.15, 0.2) is 0 Å². The summed E-state index contributed by atoms with van der Waals surface area (Å²) in [6.07, 6.45) is 0. The van der Waals surface area contributed by atoms with E-state index in [9.17, 15) is 14.9 Å². The Morgan fingerprint density at radius 2 is 2.15 bits per heavy atom. The van der Waals surface area contributed by atoms with Crippen LogP contribution < -0.4 is 10.1 Å². The average molecular weight is 282 g/mol. The van der Waals surface area contributed by atoms with Crippen LogP contribution in [0.5, 0.6) is 5.75 Å². The van der Waals surface area contributed by atoms with Crippen LogP contribution in [0, 0.1) is 10.1 Å². The maximum absolute atomic E-state index is 12.2. The van der Waals surface area contributed by atoms with E-state index in [1.165, 1.54) is 18.2 Å². The summed E-state index contributed by atoms with van der Waals surface area (Å²) in [6, 6.07) is 4.14. The summed E-state index contributed by atoms with van der Waals surface area (Å²) in [5.41, 5.74) is -1.02. The minimum Gasteiger partial charge on any atom is -0.487 e. The molecule has 0 aliphatic carbocycles. The number of nitro groups is 1. The first-order valence-corrected chi connectivity index (χ1v) is 6.16. The highest BCUT2D eigenvalue weighted by atomic mass is 16.6. The summed E-state index contributed by atoms with van der Waals surface area (Å²) in [7, 11) is 0. The first-order chi connectivity index (χ1) is 9.32. The Kier molecular flexibility index (Phi) is 5.04. The van der Waals surface area contributed by atoms with Gasteiger partial charge in [-0.25, -0.2) is 0 Å². The Hall–Kier alpha value is -2.15. The molecule has 0 spiro atoms. The molecule has 0 fully saturated rings. The number of carbonyl (C=O) groups excluding carboxylic acids is 1. The second-order valence-electron chi connectivity index (χ2n) is 4.84. The van der Waals surface area contributed by atoms with Crippen molar-refractivity contribution in [3.8, 4) is 5.75 Å². The second-order valence-corrected chi connectivity index (χ2v) is 4.84. The second kappa shape index (κ2) is 6.33. The van der Waals surface area contributed by atoms with Gasteiger partial charge < -0.3 is 15.2 Å². The SMILES string of the molecule is CCOc1c(C(=O)NC(C)(C)CO)cccc1[N+](=O)[O-]. The smallest absolute Gasteiger partial charge is 0.311 e. The standard InChI is InChI=1S/C13H18N2O5/c1-4-20-11-9(6-5-7-10(11)15(18)19)12(17)14-13(2,3)8-16/h5-7,16H,4,8H2,1-3H3,(H,14,17). The van der Waals surface area contributed by atoms with Crippen molar-refractivity contribution in [1.82, 2.24) is 5.32 Å². The number of hydrogen-bond acceptors (Lipinski definition) is 5. The number of rotatable bonds is 6. The first kappa shape index (κ1) is 15.9. The first-order valence-electron chi connectivity index (χ1n) is 6.16. The molecule has 0 radical (unpaired) electrons. The molecule has 20 heavy (non-hydrogen) atoms. The molecule has 0 bridgehead atoms. The average Bonchev–Trinajstić information content (AvgIpc) is 2.38. The van der Waals surface area contributed by atoms with E-state index in [0.29, 0.717) is 0 Å². The third-order valence-corrected chi connectivity index (χ3v) is 2.57. The Morgan fingerprint density at radius 3 is 2.65 bits per heavy atom. The zero-order valence-corrected chi connectivity index (χ0v) is 11.7. The van der Waals surface area contributed by atoms with Crippen LogP contribution in [0.25, 0.3) is 0 Å². The molecule has 0 aliphatic heterocycles. The predicted molar refractivity (Wildman–Crippen MR) is 72.9 cm³/mol. The van der Waals surface area contributed by atoms with Crippen molar-refractivity contribution >= 4 is 11.6 Å². The molecule has 0 unspecified atom stereocenters. The van der Waals surface area contributed by atoms with Crippen molar-refractivity contribution in [2.24, 2.45) is 0 Å². The van der Waals surface area contributed by atoms with Gasteiger partial charge in [-0.05, 0) is 26.8 Å². The van der Waals surface area contributed by atoms with E-state index in [0.717, 1.165) is 0 Å². The maximum atomic E-state index is 12.2. The van der Waals surface area contributed by atoms with Gasteiger partial charge >= 0.3 is 5.69 Å². The van der Waals surface area contributed by atoms with E-state index in [1.807, 2.05) is 0 Å². The molecule has 1 aromatic carbocycles. The Labute approximate surface area is 116 Å². The van der Waals surface area contributed by atoms with Gasteiger partial charge in [0.05, 0.1) is 29.2 Å². The fourth-order valence-electron chi connectivity index (χ4n) is 1.56. The molecule has 2 N–H and O–H groups in total. The lowest BCUT2D eigenvalue weighted by atomic mass is 10.1. The molecule has 0 saturated heterocycles. The minimum atomic E-state index is -0.828. The van der Waals surface area contributed by atoms with Gasteiger partial charge in [0.1, 0.15) is 0 Å². The third kappa shape index (κ3) is 3.67. The zero-order chi connectivity index (χ0) is 15.3. The van der Waals surface area contributed by atoms with Gasteiger partial charge in [-0.3, -0.25) is 14.9 Å². The van der Waals surface area contributed by atoms with Crippen molar-refractivity contribution in [1.29, 1.82) is 0 Å². The summed E-state index contributed by atoms with van der Waals surface area (Å²) in [5, 5.41) is 22.7. The maximum Gasteiger partial charge on any atom is 0.311 e. The largest absolute Gasteiger partial charge is 0.487 e. The molecule has 7 heteroatoms. The summed E-state index contributed by atoms with van der Waals surface area (Å²) < 4.78 is 5.23. The number of nitrogens with one attached hydrogen (secondary N) is 1. The number of ether oxygens (including phenoxy) is 1. The van der Waals surface area contributed by atoms with Crippen molar-refractivity contribution in [2.75, 3.05) is 13.2 Å². The number of benzene rings is 1. The molecule has 1 rings (SSSR count). The number of carbonyl (C=O) groups is 1. The van der Waals surface area contributed by atoms with E-state index in [4.69, 9.17) is 9.84 Å². The number of nitrogens with zero attached hydrogens (tertiary/aromatic N) is 1. The molecule has 0 saturated carbocycles. The molecule has 0 aliphatic rings. The number of amides is 1. The normalized spacial score (nSPS) is 11.0. The molecule has 0 aromatic heterocycles. The Morgan fingerprint density at radius 1 is 1.50 bits per heavy atom. The molecule has 1 aromatic rings. The molecular formula is C13H18N2O5. The molecule has 7 nitrogen and oxygen atoms in total. The molecular weight excluding hydrogens is 264 g/mol. The highest BCUT2D eigenvalue weighted by molar-refractivity contribution is 5.98. The van der Waals surface area contributed by atoms with Crippen LogP contribution in [0.4, 0.5) is 5.69 Å². The number of para-hydroxylation sites is 1. The van der Waals surface area contributed by atoms with Gasteiger partial charge in [0.2, 0.25) is 5.75 Å². The van der Waals surface area contributed by atoms with E-state index in [2.05, 4.69) is 5.32 Å². The minimum absolute atomic E-state index is 0.0637. The van der Waals surface area contributed by atoms with Gasteiger partial charge in [-0.1, -0.05) is 6.07 Å². The topological polar surface area (TPSA) is 102 Å². The van der Waals surface area contributed by atoms with Crippen LogP contribution in [-0.4, -0.2) is 34.7 Å². The fourth-order valence-corrected chi connectivity index (χ4v) is 1.56. The zero-order valence-electron chi connectivity index (χ0n) is 11.7. The van der Waals surface area contributed by atoms with Gasteiger partial charge in [-0.15, -0.1) is 0 Å². The Bertz CT molecular complexity index is 513. The van der Waals surface area contributed by atoms with Crippen LogP contribution in [0.2, 0.25) is 0 Å². The molecule has 0 atom stereocenters. The lowest BCUT2D eigenvalue weighted by Gasteiger charge is -2.24. The third-order valence-electron chi connectivity index (χ3n) is 2.57. The van der Waals surface area contributed by atoms with E-state index >= 15 is 0 Å². The van der Waals surface area contributed by atoms with E-state index in [-0.39, 0.29) is 30.2 Å². The summed E-state index contributed by atoms with van der Waals surface area (Å²) >= 11 is 0. The van der Waals surface area contributed by atoms with Crippen molar-refractivity contribution in [3.63, 3.8) is 0 Å². The van der Waals surface area contributed by atoms with Crippen LogP contribution in [-0.2, 0) is 0 Å². The van der Waals surface area contributed by atoms with Gasteiger partial charge in [0.25, 0.3) is 5.91 Å². The van der Waals surface area contributed by atoms with Crippen LogP contribution in [0.15, 0.2) is 18.2 Å². The number of hydrogen-bond donors (Lipinski definition) is 2. The molecule has 110 valence electrons. The monoisotopic (exact) mass is 282 g/mol. The summed E-state index contributed by atoms with van der Waals surface area (Å²) in [4.78, 5) is 22.5. The van der Waals surface area contributed by atoms with Crippen LogP contribution >= 0.6 is 0 Å². The number of nitro benzene ring substituents is 1. The number of aliphatic hydroxyl groups is 1. The van der Waals surface area contributed by atoms with E-state index in [1.54, 1.807) is 20.8 Å².